The maximum absolute atomic E-state index is 13.5. The molecule has 11 heteroatoms. The first kappa shape index (κ1) is 23.1. The molecular weight excluding hydrogens is 466 g/mol. The van der Waals surface area contributed by atoms with Crippen molar-refractivity contribution >= 4 is 50.5 Å². The summed E-state index contributed by atoms with van der Waals surface area (Å²) >= 11 is 12.1. The number of aromatic nitrogens is 2. The van der Waals surface area contributed by atoms with Gasteiger partial charge in [-0.05, 0) is 63.2 Å². The van der Waals surface area contributed by atoms with Gasteiger partial charge >= 0.3 is 0 Å². The summed E-state index contributed by atoms with van der Waals surface area (Å²) in [5, 5.41) is 6.99. The number of benzene rings is 2. The van der Waals surface area contributed by atoms with Crippen LogP contribution in [0.25, 0.3) is 0 Å². The van der Waals surface area contributed by atoms with Gasteiger partial charge in [0.25, 0.3) is 10.0 Å². The second-order valence-electron chi connectivity index (χ2n) is 6.91. The molecule has 1 unspecified atom stereocenters. The fourth-order valence-corrected chi connectivity index (χ4v) is 4.75. The lowest BCUT2D eigenvalue weighted by Crippen LogP contribution is -2.25. The molecule has 0 bridgehead atoms. The molecule has 1 aromatic heterocycles. The van der Waals surface area contributed by atoms with Crippen molar-refractivity contribution in [1.82, 2.24) is 9.78 Å². The van der Waals surface area contributed by atoms with Crippen LogP contribution in [0.3, 0.4) is 0 Å². The summed E-state index contributed by atoms with van der Waals surface area (Å²) in [6, 6.07) is 8.51. The fourth-order valence-electron chi connectivity index (χ4n) is 2.96. The first-order chi connectivity index (χ1) is 14.5. The first-order valence-electron chi connectivity index (χ1n) is 9.09. The Morgan fingerprint density at radius 3 is 2.42 bits per heavy atom. The SMILES string of the molecule is Cc1cc(C)n(C(C)C(=O)Nc2ccc(NS(=O)(=O)c3cc(F)ccc3Cl)cc2Cl)n1. The van der Waals surface area contributed by atoms with Gasteiger partial charge in [-0.25, -0.2) is 12.8 Å². The van der Waals surface area contributed by atoms with E-state index in [1.807, 2.05) is 19.9 Å². The molecule has 31 heavy (non-hydrogen) atoms. The lowest BCUT2D eigenvalue weighted by atomic mass is 10.2. The molecule has 0 saturated carbocycles. The molecular formula is C20H19Cl2FN4O3S. The lowest BCUT2D eigenvalue weighted by Gasteiger charge is -2.16. The Labute approximate surface area is 189 Å². The van der Waals surface area contributed by atoms with E-state index in [0.29, 0.717) is 5.69 Å². The zero-order valence-electron chi connectivity index (χ0n) is 16.8. The highest BCUT2D eigenvalue weighted by molar-refractivity contribution is 7.92. The van der Waals surface area contributed by atoms with Crippen LogP contribution in [0.5, 0.6) is 0 Å². The number of rotatable bonds is 6. The maximum atomic E-state index is 13.5. The highest BCUT2D eigenvalue weighted by Crippen LogP contribution is 2.29. The van der Waals surface area contributed by atoms with E-state index in [4.69, 9.17) is 23.2 Å². The van der Waals surface area contributed by atoms with E-state index in [0.717, 1.165) is 29.6 Å². The normalized spacial score (nSPS) is 12.5. The minimum atomic E-state index is -4.15. The Balaban J connectivity index is 1.77. The van der Waals surface area contributed by atoms with Crippen LogP contribution in [-0.2, 0) is 14.8 Å². The molecule has 2 aromatic carbocycles. The van der Waals surface area contributed by atoms with Crippen LogP contribution >= 0.6 is 23.2 Å². The average molecular weight is 485 g/mol. The van der Waals surface area contributed by atoms with E-state index >= 15 is 0 Å². The quantitative estimate of drug-likeness (QED) is 0.517. The fraction of sp³-hybridized carbons (Fsp3) is 0.200. The van der Waals surface area contributed by atoms with Crippen molar-refractivity contribution in [3.8, 4) is 0 Å². The van der Waals surface area contributed by atoms with Crippen LogP contribution in [0.2, 0.25) is 10.0 Å². The summed E-state index contributed by atoms with van der Waals surface area (Å²) in [6.45, 7) is 5.39. The van der Waals surface area contributed by atoms with E-state index in [1.165, 1.54) is 18.2 Å². The number of sulfonamides is 1. The molecule has 1 heterocycles. The molecule has 0 saturated heterocycles. The van der Waals surface area contributed by atoms with Gasteiger partial charge in [-0.3, -0.25) is 14.2 Å². The first-order valence-corrected chi connectivity index (χ1v) is 11.3. The molecule has 1 amide bonds. The van der Waals surface area contributed by atoms with E-state index < -0.39 is 26.8 Å². The minimum Gasteiger partial charge on any atom is -0.323 e. The van der Waals surface area contributed by atoms with E-state index in [2.05, 4.69) is 15.1 Å². The van der Waals surface area contributed by atoms with Crippen LogP contribution in [0, 0.1) is 19.7 Å². The zero-order chi connectivity index (χ0) is 22.9. The highest BCUT2D eigenvalue weighted by Gasteiger charge is 2.21. The Bertz CT molecular complexity index is 1260. The molecule has 1 atom stereocenters. The van der Waals surface area contributed by atoms with Crippen LogP contribution < -0.4 is 10.0 Å². The van der Waals surface area contributed by atoms with Crippen LogP contribution in [0.4, 0.5) is 15.8 Å². The molecule has 3 aromatic rings. The molecule has 0 aliphatic rings. The summed E-state index contributed by atoms with van der Waals surface area (Å²) < 4.78 is 42.4. The molecule has 164 valence electrons. The largest absolute Gasteiger partial charge is 0.323 e. The molecule has 0 radical (unpaired) electrons. The standard InChI is InChI=1S/C20H19Cl2FN4O3S/c1-11-8-12(2)27(25-11)13(3)20(28)24-18-7-5-15(10-17(18)22)26-31(29,30)19-9-14(23)4-6-16(19)21/h4-10,13,26H,1-3H3,(H,24,28). The number of nitrogens with zero attached hydrogens (tertiary/aromatic N) is 2. The summed E-state index contributed by atoms with van der Waals surface area (Å²) in [7, 11) is -4.15. The number of halogens is 3. The van der Waals surface area contributed by atoms with Gasteiger partial charge in [0.15, 0.2) is 0 Å². The predicted molar refractivity (Wildman–Crippen MR) is 119 cm³/mol. The number of nitrogens with one attached hydrogen (secondary N) is 2. The van der Waals surface area contributed by atoms with Gasteiger partial charge in [0.05, 0.1) is 27.1 Å². The number of hydrogen-bond acceptors (Lipinski definition) is 4. The lowest BCUT2D eigenvalue weighted by molar-refractivity contribution is -0.119. The molecule has 0 spiro atoms. The molecule has 0 fully saturated rings. The van der Waals surface area contributed by atoms with Crippen molar-refractivity contribution in [3.63, 3.8) is 0 Å². The molecule has 3 rings (SSSR count). The van der Waals surface area contributed by atoms with Gasteiger partial charge in [0.2, 0.25) is 5.91 Å². The Hall–Kier alpha value is -2.62. The minimum absolute atomic E-state index is 0.111. The van der Waals surface area contributed by atoms with Crippen molar-refractivity contribution in [2.45, 2.75) is 31.7 Å². The van der Waals surface area contributed by atoms with Crippen molar-refractivity contribution in [2.24, 2.45) is 0 Å². The van der Waals surface area contributed by atoms with E-state index in [-0.39, 0.29) is 21.6 Å². The van der Waals surface area contributed by atoms with E-state index in [1.54, 1.807) is 11.6 Å². The number of carbonyl (C=O) groups excluding carboxylic acids is 1. The Kier molecular flexibility index (Phi) is 6.59. The molecule has 7 nitrogen and oxygen atoms in total. The summed E-state index contributed by atoms with van der Waals surface area (Å²) in [5.74, 6) is -1.08. The van der Waals surface area contributed by atoms with Gasteiger partial charge in [-0.2, -0.15) is 5.10 Å². The summed E-state index contributed by atoms with van der Waals surface area (Å²) in [5.41, 5.74) is 2.05. The number of amides is 1. The third kappa shape index (κ3) is 5.17. The monoisotopic (exact) mass is 484 g/mol. The molecule has 0 aliphatic carbocycles. The number of carbonyl (C=O) groups is 1. The molecule has 2 N–H and O–H groups in total. The van der Waals surface area contributed by atoms with Gasteiger partial charge in [-0.15, -0.1) is 0 Å². The zero-order valence-corrected chi connectivity index (χ0v) is 19.1. The van der Waals surface area contributed by atoms with E-state index in [9.17, 15) is 17.6 Å². The smallest absolute Gasteiger partial charge is 0.263 e. The maximum Gasteiger partial charge on any atom is 0.263 e. The van der Waals surface area contributed by atoms with Crippen molar-refractivity contribution in [3.05, 3.63) is 69.7 Å². The Morgan fingerprint density at radius 2 is 1.81 bits per heavy atom. The number of aryl methyl sites for hydroxylation is 2. The average Bonchev–Trinajstić information content (AvgIpc) is 3.02. The summed E-state index contributed by atoms with van der Waals surface area (Å²) in [6.07, 6.45) is 0. The highest BCUT2D eigenvalue weighted by atomic mass is 35.5. The van der Waals surface area contributed by atoms with Gasteiger partial charge in [0.1, 0.15) is 16.8 Å². The predicted octanol–water partition coefficient (Wildman–Crippen LogP) is 4.95. The number of hydrogen-bond donors (Lipinski definition) is 2. The summed E-state index contributed by atoms with van der Waals surface area (Å²) in [4.78, 5) is 12.2. The second-order valence-corrected chi connectivity index (χ2v) is 9.38. The number of anilines is 2. The van der Waals surface area contributed by atoms with Crippen molar-refractivity contribution in [2.75, 3.05) is 10.0 Å². The third-order valence-electron chi connectivity index (χ3n) is 4.45. The van der Waals surface area contributed by atoms with Crippen molar-refractivity contribution < 1.29 is 17.6 Å². The van der Waals surface area contributed by atoms with Crippen LogP contribution in [0.1, 0.15) is 24.4 Å². The third-order valence-corrected chi connectivity index (χ3v) is 6.63. The Morgan fingerprint density at radius 1 is 1.10 bits per heavy atom. The molecule has 0 aliphatic heterocycles. The van der Waals surface area contributed by atoms with Crippen molar-refractivity contribution in [1.29, 1.82) is 0 Å². The topological polar surface area (TPSA) is 93.1 Å². The van der Waals surface area contributed by atoms with Gasteiger partial charge < -0.3 is 5.32 Å². The van der Waals surface area contributed by atoms with Gasteiger partial charge in [-0.1, -0.05) is 23.2 Å². The van der Waals surface area contributed by atoms with Gasteiger partial charge in [0, 0.05) is 5.69 Å². The second kappa shape index (κ2) is 8.86. The van der Waals surface area contributed by atoms with Crippen LogP contribution in [-0.4, -0.2) is 24.1 Å². The van der Waals surface area contributed by atoms with Crippen LogP contribution in [0.15, 0.2) is 47.4 Å².